The lowest BCUT2D eigenvalue weighted by molar-refractivity contribution is 0.501. The van der Waals surface area contributed by atoms with Crippen LogP contribution in [0.2, 0.25) is 15.1 Å². The van der Waals surface area contributed by atoms with Gasteiger partial charge in [0.25, 0.3) is 0 Å². The summed E-state index contributed by atoms with van der Waals surface area (Å²) in [6.07, 6.45) is 9.81. The van der Waals surface area contributed by atoms with Crippen molar-refractivity contribution >= 4 is 52.6 Å². The van der Waals surface area contributed by atoms with Crippen LogP contribution in [0, 0.1) is 0 Å². The van der Waals surface area contributed by atoms with E-state index in [-0.39, 0.29) is 6.04 Å². The standard InChI is InChI=1S/C24H22Cl3N3/c25-19-3-1-2-16(10-19)4-5-17-14-29-15-23(18-11-20(26)13-21(27)12-18)24(17)30-8-6-22(28)7-9-30/h1-5,10-15,22H,6-9,28H2/b5-4+. The number of benzene rings is 2. The molecule has 30 heavy (non-hydrogen) atoms. The number of anilines is 1. The fourth-order valence-electron chi connectivity index (χ4n) is 3.78. The molecule has 3 nitrogen and oxygen atoms in total. The SMILES string of the molecule is NC1CCN(c2c(/C=C/c3cccc(Cl)c3)cncc2-c2cc(Cl)cc(Cl)c2)CC1. The van der Waals surface area contributed by atoms with Crippen LogP contribution in [-0.2, 0) is 0 Å². The summed E-state index contributed by atoms with van der Waals surface area (Å²) in [6.45, 7) is 1.79. The molecule has 6 heteroatoms. The predicted octanol–water partition coefficient (Wildman–Crippen LogP) is 6.81. The summed E-state index contributed by atoms with van der Waals surface area (Å²) in [5.41, 5.74) is 11.3. The molecule has 0 saturated carbocycles. The van der Waals surface area contributed by atoms with Gasteiger partial charge in [-0.15, -0.1) is 0 Å². The molecule has 1 saturated heterocycles. The molecule has 0 radical (unpaired) electrons. The van der Waals surface area contributed by atoms with Crippen LogP contribution in [0.4, 0.5) is 5.69 Å². The van der Waals surface area contributed by atoms with Crippen molar-refractivity contribution in [3.8, 4) is 11.1 Å². The Morgan fingerprint density at radius 2 is 1.63 bits per heavy atom. The van der Waals surface area contributed by atoms with Crippen molar-refractivity contribution in [1.82, 2.24) is 4.98 Å². The molecule has 1 fully saturated rings. The van der Waals surface area contributed by atoms with Gasteiger partial charge in [-0.3, -0.25) is 4.98 Å². The third kappa shape index (κ3) is 4.98. The zero-order valence-electron chi connectivity index (χ0n) is 16.4. The van der Waals surface area contributed by atoms with E-state index in [1.54, 1.807) is 6.07 Å². The van der Waals surface area contributed by atoms with Crippen LogP contribution in [0.1, 0.15) is 24.0 Å². The van der Waals surface area contributed by atoms with Gasteiger partial charge in [0.05, 0.1) is 5.69 Å². The molecule has 4 rings (SSSR count). The highest BCUT2D eigenvalue weighted by Gasteiger charge is 2.22. The molecule has 0 amide bonds. The Morgan fingerprint density at radius 3 is 2.33 bits per heavy atom. The van der Waals surface area contributed by atoms with Crippen LogP contribution in [0.3, 0.4) is 0 Å². The van der Waals surface area contributed by atoms with Gasteiger partial charge < -0.3 is 10.6 Å². The molecule has 154 valence electrons. The highest BCUT2D eigenvalue weighted by atomic mass is 35.5. The summed E-state index contributed by atoms with van der Waals surface area (Å²) in [5.74, 6) is 0. The molecular weight excluding hydrogens is 437 g/mol. The molecule has 0 bridgehead atoms. The van der Waals surface area contributed by atoms with Gasteiger partial charge in [0.15, 0.2) is 0 Å². The fraction of sp³-hybridized carbons (Fsp3) is 0.208. The first-order chi connectivity index (χ1) is 14.5. The Morgan fingerprint density at radius 1 is 0.900 bits per heavy atom. The molecule has 2 heterocycles. The number of aromatic nitrogens is 1. The topological polar surface area (TPSA) is 42.1 Å². The largest absolute Gasteiger partial charge is 0.370 e. The van der Waals surface area contributed by atoms with Gasteiger partial charge in [0.2, 0.25) is 0 Å². The highest BCUT2D eigenvalue weighted by molar-refractivity contribution is 6.35. The maximum atomic E-state index is 6.29. The lowest BCUT2D eigenvalue weighted by Gasteiger charge is -2.34. The minimum atomic E-state index is 0.248. The van der Waals surface area contributed by atoms with E-state index in [9.17, 15) is 0 Å². The molecule has 3 aromatic rings. The van der Waals surface area contributed by atoms with Gasteiger partial charge in [0, 0.05) is 57.7 Å². The number of rotatable bonds is 4. The zero-order valence-corrected chi connectivity index (χ0v) is 18.6. The molecule has 1 aliphatic rings. The average Bonchev–Trinajstić information content (AvgIpc) is 2.72. The summed E-state index contributed by atoms with van der Waals surface area (Å²) in [5, 5.41) is 1.91. The molecule has 1 aromatic heterocycles. The van der Waals surface area contributed by atoms with E-state index in [1.165, 1.54) is 0 Å². The summed E-state index contributed by atoms with van der Waals surface area (Å²) in [4.78, 5) is 6.89. The van der Waals surface area contributed by atoms with Gasteiger partial charge in [-0.2, -0.15) is 0 Å². The van der Waals surface area contributed by atoms with E-state index >= 15 is 0 Å². The molecule has 0 atom stereocenters. The van der Waals surface area contributed by atoms with E-state index in [0.29, 0.717) is 15.1 Å². The molecule has 0 unspecified atom stereocenters. The smallest absolute Gasteiger partial charge is 0.0550 e. The second-order valence-electron chi connectivity index (χ2n) is 7.50. The minimum Gasteiger partial charge on any atom is -0.370 e. The van der Waals surface area contributed by atoms with Crippen molar-refractivity contribution in [2.45, 2.75) is 18.9 Å². The molecule has 0 spiro atoms. The van der Waals surface area contributed by atoms with Crippen LogP contribution in [-0.4, -0.2) is 24.1 Å². The van der Waals surface area contributed by atoms with E-state index in [1.807, 2.05) is 48.8 Å². The maximum Gasteiger partial charge on any atom is 0.0550 e. The summed E-state index contributed by atoms with van der Waals surface area (Å²) >= 11 is 18.7. The molecule has 2 aromatic carbocycles. The minimum absolute atomic E-state index is 0.248. The highest BCUT2D eigenvalue weighted by Crippen LogP contribution is 2.38. The Bertz CT molecular complexity index is 1050. The zero-order chi connectivity index (χ0) is 21.1. The predicted molar refractivity (Wildman–Crippen MR) is 129 cm³/mol. The number of nitrogens with zero attached hydrogens (tertiary/aromatic N) is 2. The van der Waals surface area contributed by atoms with Crippen molar-refractivity contribution in [3.63, 3.8) is 0 Å². The van der Waals surface area contributed by atoms with Crippen LogP contribution < -0.4 is 10.6 Å². The first kappa shape index (κ1) is 21.2. The summed E-state index contributed by atoms with van der Waals surface area (Å²) in [7, 11) is 0. The van der Waals surface area contributed by atoms with Crippen LogP contribution in [0.5, 0.6) is 0 Å². The van der Waals surface area contributed by atoms with Crippen LogP contribution in [0.25, 0.3) is 23.3 Å². The van der Waals surface area contributed by atoms with Gasteiger partial charge in [0.1, 0.15) is 0 Å². The van der Waals surface area contributed by atoms with Gasteiger partial charge in [-0.1, -0.05) is 59.1 Å². The Labute approximate surface area is 192 Å². The first-order valence-electron chi connectivity index (χ1n) is 9.88. The van der Waals surface area contributed by atoms with E-state index < -0.39 is 0 Å². The molecule has 1 aliphatic heterocycles. The monoisotopic (exact) mass is 457 g/mol. The van der Waals surface area contributed by atoms with Gasteiger partial charge in [-0.25, -0.2) is 0 Å². The molecular formula is C24H22Cl3N3. The van der Waals surface area contributed by atoms with Crippen LogP contribution >= 0.6 is 34.8 Å². The lowest BCUT2D eigenvalue weighted by atomic mass is 9.98. The Hall–Kier alpha value is -2.04. The number of halogens is 3. The molecule has 0 aliphatic carbocycles. The second kappa shape index (κ2) is 9.40. The van der Waals surface area contributed by atoms with Gasteiger partial charge >= 0.3 is 0 Å². The van der Waals surface area contributed by atoms with Gasteiger partial charge in [-0.05, 0) is 54.3 Å². The Balaban J connectivity index is 1.81. The first-order valence-corrected chi connectivity index (χ1v) is 11.0. The third-order valence-electron chi connectivity index (χ3n) is 5.28. The van der Waals surface area contributed by atoms with E-state index in [0.717, 1.165) is 53.9 Å². The number of nitrogens with two attached hydrogens (primary N) is 1. The molecule has 2 N–H and O–H groups in total. The lowest BCUT2D eigenvalue weighted by Crippen LogP contribution is -2.40. The van der Waals surface area contributed by atoms with Crippen molar-refractivity contribution in [2.24, 2.45) is 5.73 Å². The number of pyridine rings is 1. The number of hydrogen-bond donors (Lipinski definition) is 1. The number of hydrogen-bond acceptors (Lipinski definition) is 3. The van der Waals surface area contributed by atoms with Crippen molar-refractivity contribution in [2.75, 3.05) is 18.0 Å². The van der Waals surface area contributed by atoms with Crippen LogP contribution in [0.15, 0.2) is 54.9 Å². The quantitative estimate of drug-likeness (QED) is 0.467. The average molecular weight is 459 g/mol. The van der Waals surface area contributed by atoms with Crippen molar-refractivity contribution in [1.29, 1.82) is 0 Å². The number of piperidine rings is 1. The third-order valence-corrected chi connectivity index (χ3v) is 5.95. The van der Waals surface area contributed by atoms with Crippen molar-refractivity contribution < 1.29 is 0 Å². The summed E-state index contributed by atoms with van der Waals surface area (Å²) < 4.78 is 0. The van der Waals surface area contributed by atoms with E-state index in [2.05, 4.69) is 22.0 Å². The second-order valence-corrected chi connectivity index (χ2v) is 8.81. The Kier molecular flexibility index (Phi) is 6.64. The fourth-order valence-corrected chi connectivity index (χ4v) is 4.51. The van der Waals surface area contributed by atoms with E-state index in [4.69, 9.17) is 40.5 Å². The maximum absolute atomic E-state index is 6.29. The van der Waals surface area contributed by atoms with Crippen molar-refractivity contribution in [3.05, 3.63) is 81.1 Å². The normalized spacial score (nSPS) is 15.1. The summed E-state index contributed by atoms with van der Waals surface area (Å²) in [6, 6.07) is 13.6.